The molecule has 0 aromatic heterocycles. The summed E-state index contributed by atoms with van der Waals surface area (Å²) in [5.41, 5.74) is 0. The van der Waals surface area contributed by atoms with Crippen LogP contribution >= 0.6 is 0 Å². The molecule has 1 unspecified atom stereocenters. The smallest absolute Gasteiger partial charge is 0.0164 e. The van der Waals surface area contributed by atoms with Crippen LogP contribution in [0.15, 0.2) is 0 Å². The van der Waals surface area contributed by atoms with Gasteiger partial charge >= 0.3 is 0 Å². The average molecular weight is 278 g/mol. The first kappa shape index (κ1) is 14.8. The number of hydrogen-bond acceptors (Lipinski definition) is 2. The second-order valence-electron chi connectivity index (χ2n) is 8.46. The Balaban J connectivity index is 1.40. The molecule has 4 aliphatic carbocycles. The van der Waals surface area contributed by atoms with Crippen LogP contribution in [0, 0.1) is 35.5 Å². The monoisotopic (exact) mass is 278 g/mol. The summed E-state index contributed by atoms with van der Waals surface area (Å²) in [5, 5.41) is 7.40. The van der Waals surface area contributed by atoms with Crippen LogP contribution in [0.4, 0.5) is 0 Å². The number of rotatable bonds is 7. The van der Waals surface area contributed by atoms with Gasteiger partial charge in [0.05, 0.1) is 0 Å². The quantitative estimate of drug-likeness (QED) is 0.747. The largest absolute Gasteiger partial charge is 0.315 e. The van der Waals surface area contributed by atoms with E-state index in [0.717, 1.165) is 48.6 Å². The Bertz CT molecular complexity index is 285. The van der Waals surface area contributed by atoms with Gasteiger partial charge in [-0.25, -0.2) is 0 Å². The maximum Gasteiger partial charge on any atom is 0.0164 e. The van der Waals surface area contributed by atoms with Crippen LogP contribution in [-0.2, 0) is 0 Å². The van der Waals surface area contributed by atoms with Crippen molar-refractivity contribution in [2.24, 2.45) is 35.5 Å². The maximum absolute atomic E-state index is 3.82. The molecule has 0 aliphatic heterocycles. The van der Waals surface area contributed by atoms with E-state index in [0.29, 0.717) is 6.04 Å². The standard InChI is InChI=1S/C18H34N2/c1-12(2)9-19-10-13(3)20-11-18-16-5-14-4-15(7-16)8-17(18)6-14/h12-20H,4-11H2,1-3H3. The van der Waals surface area contributed by atoms with Gasteiger partial charge in [0.15, 0.2) is 0 Å². The average Bonchev–Trinajstić information content (AvgIpc) is 2.36. The molecule has 4 rings (SSSR count). The van der Waals surface area contributed by atoms with Gasteiger partial charge in [0.1, 0.15) is 0 Å². The van der Waals surface area contributed by atoms with E-state index in [4.69, 9.17) is 0 Å². The van der Waals surface area contributed by atoms with E-state index in [1.165, 1.54) is 6.54 Å². The van der Waals surface area contributed by atoms with Crippen molar-refractivity contribution in [3.8, 4) is 0 Å². The Morgan fingerprint density at radius 3 is 2.00 bits per heavy atom. The fourth-order valence-corrected chi connectivity index (χ4v) is 5.37. The van der Waals surface area contributed by atoms with Gasteiger partial charge in [-0.3, -0.25) is 0 Å². The Kier molecular flexibility index (Phi) is 4.72. The summed E-state index contributed by atoms with van der Waals surface area (Å²) in [6, 6.07) is 0.617. The van der Waals surface area contributed by atoms with Gasteiger partial charge in [-0.05, 0) is 87.6 Å². The topological polar surface area (TPSA) is 24.1 Å². The first-order valence-corrected chi connectivity index (χ1v) is 9.06. The lowest BCUT2D eigenvalue weighted by molar-refractivity contribution is -0.0361. The number of hydrogen-bond donors (Lipinski definition) is 2. The molecule has 4 bridgehead atoms. The van der Waals surface area contributed by atoms with Crippen LogP contribution in [0.2, 0.25) is 0 Å². The summed E-state index contributed by atoms with van der Waals surface area (Å²) in [6.07, 6.45) is 7.79. The molecule has 0 heterocycles. The highest BCUT2D eigenvalue weighted by atomic mass is 15.0. The molecule has 116 valence electrons. The van der Waals surface area contributed by atoms with Crippen molar-refractivity contribution in [2.45, 2.75) is 58.9 Å². The van der Waals surface area contributed by atoms with Crippen LogP contribution < -0.4 is 10.6 Å². The van der Waals surface area contributed by atoms with Crippen molar-refractivity contribution < 1.29 is 0 Å². The van der Waals surface area contributed by atoms with E-state index in [2.05, 4.69) is 31.4 Å². The van der Waals surface area contributed by atoms with Crippen LogP contribution in [0.5, 0.6) is 0 Å². The van der Waals surface area contributed by atoms with Gasteiger partial charge < -0.3 is 10.6 Å². The lowest BCUT2D eigenvalue weighted by Gasteiger charge is -2.54. The van der Waals surface area contributed by atoms with Crippen molar-refractivity contribution in [1.29, 1.82) is 0 Å². The van der Waals surface area contributed by atoms with Crippen molar-refractivity contribution in [1.82, 2.24) is 10.6 Å². The molecule has 0 aromatic carbocycles. The van der Waals surface area contributed by atoms with Crippen LogP contribution in [0.25, 0.3) is 0 Å². The Labute approximate surface area is 125 Å². The van der Waals surface area contributed by atoms with Crippen LogP contribution in [0.1, 0.15) is 52.9 Å². The number of nitrogens with one attached hydrogen (secondary N) is 2. The normalized spacial score (nSPS) is 40.5. The molecule has 2 heteroatoms. The highest BCUT2D eigenvalue weighted by Gasteiger charge is 2.47. The maximum atomic E-state index is 3.82. The zero-order chi connectivity index (χ0) is 14.1. The van der Waals surface area contributed by atoms with E-state index in [1.807, 2.05) is 0 Å². The minimum Gasteiger partial charge on any atom is -0.315 e. The molecule has 0 spiro atoms. The molecule has 2 nitrogen and oxygen atoms in total. The van der Waals surface area contributed by atoms with E-state index in [1.54, 1.807) is 32.1 Å². The summed E-state index contributed by atoms with van der Waals surface area (Å²) < 4.78 is 0. The molecule has 0 radical (unpaired) electrons. The van der Waals surface area contributed by atoms with Gasteiger partial charge in [0, 0.05) is 12.6 Å². The fourth-order valence-electron chi connectivity index (χ4n) is 5.37. The minimum atomic E-state index is 0.617. The Hall–Kier alpha value is -0.0800. The van der Waals surface area contributed by atoms with Crippen LogP contribution in [0.3, 0.4) is 0 Å². The summed E-state index contributed by atoms with van der Waals surface area (Å²) in [6.45, 7) is 10.4. The lowest BCUT2D eigenvalue weighted by atomic mass is 9.52. The van der Waals surface area contributed by atoms with Crippen molar-refractivity contribution in [3.63, 3.8) is 0 Å². The predicted octanol–water partition coefficient (Wildman–Crippen LogP) is 3.28. The first-order valence-electron chi connectivity index (χ1n) is 9.06. The Morgan fingerprint density at radius 2 is 1.45 bits per heavy atom. The third kappa shape index (κ3) is 3.39. The zero-order valence-electron chi connectivity index (χ0n) is 13.7. The summed E-state index contributed by atoms with van der Waals surface area (Å²) in [7, 11) is 0. The molecule has 4 aliphatic rings. The lowest BCUT2D eigenvalue weighted by Crippen LogP contribution is -2.50. The second kappa shape index (κ2) is 6.36. The minimum absolute atomic E-state index is 0.617. The van der Waals surface area contributed by atoms with Gasteiger partial charge in [-0.15, -0.1) is 0 Å². The molecule has 1 atom stereocenters. The molecule has 0 saturated heterocycles. The summed E-state index contributed by atoms with van der Waals surface area (Å²) in [5.74, 6) is 6.10. The SMILES string of the molecule is CC(C)CNCC(C)NCC1C2CC3CC(C2)CC1C3. The molecule has 4 fully saturated rings. The van der Waals surface area contributed by atoms with E-state index in [-0.39, 0.29) is 0 Å². The van der Waals surface area contributed by atoms with E-state index >= 15 is 0 Å². The third-order valence-electron chi connectivity index (χ3n) is 6.13. The van der Waals surface area contributed by atoms with Crippen molar-refractivity contribution in [2.75, 3.05) is 19.6 Å². The fraction of sp³-hybridized carbons (Fsp3) is 1.00. The van der Waals surface area contributed by atoms with Crippen molar-refractivity contribution >= 4 is 0 Å². The molecular weight excluding hydrogens is 244 g/mol. The predicted molar refractivity (Wildman–Crippen MR) is 85.7 cm³/mol. The molecule has 4 saturated carbocycles. The van der Waals surface area contributed by atoms with Gasteiger partial charge in [0.2, 0.25) is 0 Å². The summed E-state index contributed by atoms with van der Waals surface area (Å²) in [4.78, 5) is 0. The molecule has 0 amide bonds. The van der Waals surface area contributed by atoms with Gasteiger partial charge in [-0.1, -0.05) is 13.8 Å². The van der Waals surface area contributed by atoms with Gasteiger partial charge in [-0.2, -0.15) is 0 Å². The first-order chi connectivity index (χ1) is 9.61. The van der Waals surface area contributed by atoms with Crippen molar-refractivity contribution in [3.05, 3.63) is 0 Å². The van der Waals surface area contributed by atoms with Crippen LogP contribution in [-0.4, -0.2) is 25.7 Å². The highest BCUT2D eigenvalue weighted by molar-refractivity contribution is 4.98. The zero-order valence-corrected chi connectivity index (χ0v) is 13.7. The third-order valence-corrected chi connectivity index (χ3v) is 6.13. The molecule has 2 N–H and O–H groups in total. The molecule has 20 heavy (non-hydrogen) atoms. The summed E-state index contributed by atoms with van der Waals surface area (Å²) >= 11 is 0. The van der Waals surface area contributed by atoms with Gasteiger partial charge in [0.25, 0.3) is 0 Å². The highest BCUT2D eigenvalue weighted by Crippen LogP contribution is 2.56. The van der Waals surface area contributed by atoms with E-state index < -0.39 is 0 Å². The second-order valence-corrected chi connectivity index (χ2v) is 8.46. The van der Waals surface area contributed by atoms with E-state index in [9.17, 15) is 0 Å². The Morgan fingerprint density at radius 1 is 0.850 bits per heavy atom. The molecule has 0 aromatic rings. The molecular formula is C18H34N2.